The molecule has 1 saturated carbocycles. The van der Waals surface area contributed by atoms with Crippen LogP contribution in [0.25, 0.3) is 0 Å². The number of thiazole rings is 1. The van der Waals surface area contributed by atoms with Gasteiger partial charge in [-0.3, -0.25) is 9.62 Å². The Kier molecular flexibility index (Phi) is 8.14. The van der Waals surface area contributed by atoms with Crippen LogP contribution < -0.4 is 10.0 Å². The summed E-state index contributed by atoms with van der Waals surface area (Å²) in [6.45, 7) is -0.584. The van der Waals surface area contributed by atoms with Crippen molar-refractivity contribution in [3.63, 3.8) is 0 Å². The number of nitrogens with one attached hydrogen (secondary N) is 2. The molecule has 172 valence electrons. The number of nitrogens with zero attached hydrogens (tertiary/aromatic N) is 2. The standard InChI is InChI=1S/C20H27ClF2N4O2S2/c1-27(12-13(28)11-22)18-6-4-3-5-16(18)25-17-10-15(23)19(9-14(17)21)31(2,29)26-20-24-7-8-30-20/h7-10,13,16,18,25,28H,2-6,11-12H2,1H3,(H,24,26,29)/t13-,16?,18+,31?/m1/s1. The van der Waals surface area contributed by atoms with E-state index in [9.17, 15) is 18.1 Å². The lowest BCUT2D eigenvalue weighted by Gasteiger charge is -2.39. The Morgan fingerprint density at radius 3 is 2.87 bits per heavy atom. The molecule has 1 aliphatic rings. The third-order valence-corrected chi connectivity index (χ3v) is 8.05. The zero-order valence-corrected chi connectivity index (χ0v) is 19.6. The number of aromatic nitrogens is 1. The van der Waals surface area contributed by atoms with Gasteiger partial charge in [0, 0.05) is 30.2 Å². The van der Waals surface area contributed by atoms with Gasteiger partial charge in [0.15, 0.2) is 5.13 Å². The summed E-state index contributed by atoms with van der Waals surface area (Å²) in [5.41, 5.74) is 0.392. The molecule has 0 saturated heterocycles. The maximum Gasteiger partial charge on any atom is 0.194 e. The Hall–Kier alpha value is -1.46. The quantitative estimate of drug-likeness (QED) is 0.461. The van der Waals surface area contributed by atoms with Crippen molar-refractivity contribution in [2.24, 2.45) is 0 Å². The van der Waals surface area contributed by atoms with Crippen LogP contribution in [-0.4, -0.2) is 63.5 Å². The lowest BCUT2D eigenvalue weighted by atomic mass is 9.89. The molecule has 2 aromatic rings. The summed E-state index contributed by atoms with van der Waals surface area (Å²) < 4.78 is 43.3. The number of likely N-dealkylation sites (N-methyl/N-ethyl adjacent to an activating group) is 1. The normalized spacial score (nSPS) is 22.1. The molecular weight excluding hydrogens is 466 g/mol. The molecule has 1 aliphatic carbocycles. The maximum atomic E-state index is 14.9. The summed E-state index contributed by atoms with van der Waals surface area (Å²) in [5.74, 6) is 2.95. The molecule has 6 nitrogen and oxygen atoms in total. The van der Waals surface area contributed by atoms with Gasteiger partial charge in [0.1, 0.15) is 12.5 Å². The summed E-state index contributed by atoms with van der Waals surface area (Å²) in [4.78, 5) is 5.81. The SMILES string of the molecule is C=S(=O)(Nc1nccs1)c1cc(Cl)c(NC2CCCC[C@@H]2N(C)C[C@H](O)CF)cc1F. The van der Waals surface area contributed by atoms with Gasteiger partial charge >= 0.3 is 0 Å². The van der Waals surface area contributed by atoms with Crippen LogP contribution in [0, 0.1) is 5.82 Å². The van der Waals surface area contributed by atoms with Crippen LogP contribution in [0.5, 0.6) is 0 Å². The molecule has 0 radical (unpaired) electrons. The molecule has 0 bridgehead atoms. The summed E-state index contributed by atoms with van der Waals surface area (Å²) in [7, 11) is -1.34. The van der Waals surface area contributed by atoms with E-state index in [0.717, 1.165) is 25.7 Å². The highest BCUT2D eigenvalue weighted by Crippen LogP contribution is 2.33. The van der Waals surface area contributed by atoms with Crippen molar-refractivity contribution in [2.75, 3.05) is 30.3 Å². The van der Waals surface area contributed by atoms with Gasteiger partial charge < -0.3 is 10.4 Å². The molecule has 4 atom stereocenters. The zero-order chi connectivity index (χ0) is 22.6. The zero-order valence-electron chi connectivity index (χ0n) is 17.2. The van der Waals surface area contributed by atoms with Gasteiger partial charge in [-0.25, -0.2) is 18.0 Å². The van der Waals surface area contributed by atoms with Crippen LogP contribution in [0.15, 0.2) is 28.6 Å². The number of aliphatic hydroxyl groups is 1. The average molecular weight is 493 g/mol. The Morgan fingerprint density at radius 1 is 1.45 bits per heavy atom. The van der Waals surface area contributed by atoms with Crippen molar-refractivity contribution >= 4 is 49.3 Å². The second-order valence-electron chi connectivity index (χ2n) is 7.73. The highest BCUT2D eigenvalue weighted by atomic mass is 35.5. The fraction of sp³-hybridized carbons (Fsp3) is 0.500. The molecule has 1 fully saturated rings. The van der Waals surface area contributed by atoms with Gasteiger partial charge in [0.2, 0.25) is 0 Å². The van der Waals surface area contributed by atoms with Crippen molar-refractivity contribution in [2.45, 2.75) is 48.8 Å². The number of rotatable bonds is 9. The molecule has 1 aromatic heterocycles. The highest BCUT2D eigenvalue weighted by Gasteiger charge is 2.30. The molecule has 0 spiro atoms. The predicted octanol–water partition coefficient (Wildman–Crippen LogP) is 4.02. The first-order chi connectivity index (χ1) is 14.7. The topological polar surface area (TPSA) is 77.5 Å². The number of benzene rings is 1. The van der Waals surface area contributed by atoms with Gasteiger partial charge in [-0.2, -0.15) is 0 Å². The number of anilines is 2. The number of alkyl halides is 1. The number of aliphatic hydroxyl groups excluding tert-OH is 1. The minimum Gasteiger partial charge on any atom is -0.389 e. The van der Waals surface area contributed by atoms with Gasteiger partial charge in [0.05, 0.1) is 31.4 Å². The second kappa shape index (κ2) is 10.4. The van der Waals surface area contributed by atoms with Crippen LogP contribution in [0.2, 0.25) is 5.02 Å². The monoisotopic (exact) mass is 492 g/mol. The predicted molar refractivity (Wildman–Crippen MR) is 125 cm³/mol. The molecule has 1 heterocycles. The molecule has 2 unspecified atom stereocenters. The minimum absolute atomic E-state index is 0.0393. The van der Waals surface area contributed by atoms with Gasteiger partial charge in [-0.15, -0.1) is 11.3 Å². The van der Waals surface area contributed by atoms with Gasteiger partial charge in [0.25, 0.3) is 0 Å². The molecule has 11 heteroatoms. The van der Waals surface area contributed by atoms with E-state index in [-0.39, 0.29) is 28.5 Å². The first kappa shape index (κ1) is 24.2. The Labute approximate surface area is 190 Å². The van der Waals surface area contributed by atoms with Crippen molar-refractivity contribution in [3.05, 3.63) is 34.5 Å². The Morgan fingerprint density at radius 2 is 2.19 bits per heavy atom. The van der Waals surface area contributed by atoms with E-state index in [1.54, 1.807) is 11.6 Å². The van der Waals surface area contributed by atoms with Gasteiger partial charge in [-0.1, -0.05) is 24.4 Å². The molecule has 0 amide bonds. The minimum atomic E-state index is -3.19. The van der Waals surface area contributed by atoms with E-state index in [1.165, 1.54) is 23.5 Å². The largest absolute Gasteiger partial charge is 0.389 e. The van der Waals surface area contributed by atoms with Crippen molar-refractivity contribution in [1.82, 2.24) is 9.88 Å². The van der Waals surface area contributed by atoms with Crippen molar-refractivity contribution < 1.29 is 18.1 Å². The molecule has 31 heavy (non-hydrogen) atoms. The van der Waals surface area contributed by atoms with E-state index in [4.69, 9.17) is 11.6 Å². The lowest BCUT2D eigenvalue weighted by molar-refractivity contribution is 0.0701. The van der Waals surface area contributed by atoms with E-state index in [1.807, 2.05) is 11.9 Å². The molecule has 1 aromatic carbocycles. The van der Waals surface area contributed by atoms with Crippen LogP contribution in [0.1, 0.15) is 25.7 Å². The fourth-order valence-corrected chi connectivity index (χ4v) is 6.26. The van der Waals surface area contributed by atoms with Gasteiger partial charge in [-0.05, 0) is 37.9 Å². The smallest absolute Gasteiger partial charge is 0.194 e. The number of halogens is 3. The Balaban J connectivity index is 1.79. The lowest BCUT2D eigenvalue weighted by Crippen LogP contribution is -2.49. The first-order valence-electron chi connectivity index (χ1n) is 9.95. The van der Waals surface area contributed by atoms with Crippen LogP contribution in [0.4, 0.5) is 19.6 Å². The van der Waals surface area contributed by atoms with E-state index in [2.05, 4.69) is 20.9 Å². The van der Waals surface area contributed by atoms with E-state index < -0.39 is 28.3 Å². The summed E-state index contributed by atoms with van der Waals surface area (Å²) in [6.07, 6.45) is 4.22. The summed E-state index contributed by atoms with van der Waals surface area (Å²) in [6, 6.07) is 2.54. The molecule has 0 aliphatic heterocycles. The first-order valence-corrected chi connectivity index (χ1v) is 12.9. The van der Waals surface area contributed by atoms with Crippen molar-refractivity contribution in [1.29, 1.82) is 0 Å². The highest BCUT2D eigenvalue weighted by molar-refractivity contribution is 8.01. The molecule has 3 rings (SSSR count). The summed E-state index contributed by atoms with van der Waals surface area (Å²) in [5, 5.41) is 15.3. The van der Waals surface area contributed by atoms with E-state index >= 15 is 0 Å². The third kappa shape index (κ3) is 6.07. The summed E-state index contributed by atoms with van der Waals surface area (Å²) >= 11 is 7.65. The maximum absolute atomic E-state index is 14.9. The fourth-order valence-electron chi connectivity index (χ4n) is 3.89. The molecule has 3 N–H and O–H groups in total. The Bertz CT molecular complexity index is 976. The molecular formula is C20H27ClF2N4O2S2. The third-order valence-electron chi connectivity index (χ3n) is 5.37. The van der Waals surface area contributed by atoms with Crippen LogP contribution >= 0.6 is 22.9 Å². The second-order valence-corrected chi connectivity index (χ2v) is 11.0. The van der Waals surface area contributed by atoms with Crippen LogP contribution in [-0.2, 0) is 9.71 Å². The van der Waals surface area contributed by atoms with E-state index in [0.29, 0.717) is 10.8 Å². The number of hydrogen-bond acceptors (Lipinski definition) is 6. The van der Waals surface area contributed by atoms with Crippen molar-refractivity contribution in [3.8, 4) is 0 Å². The average Bonchev–Trinajstić information content (AvgIpc) is 3.22. The van der Waals surface area contributed by atoms with Crippen LogP contribution in [0.3, 0.4) is 0 Å². The number of hydrogen-bond donors (Lipinski definition) is 3.